The van der Waals surface area contributed by atoms with Gasteiger partial charge in [-0.25, -0.2) is 4.52 Å². The van der Waals surface area contributed by atoms with E-state index in [1.165, 1.54) is 33.4 Å². The topological polar surface area (TPSA) is 20.5 Å². The van der Waals surface area contributed by atoms with E-state index >= 15 is 0 Å². The van der Waals surface area contributed by atoms with Crippen molar-refractivity contribution in [3.05, 3.63) is 223 Å². The minimum Gasteiger partial charge on any atom is -0.309 e. The van der Waals surface area contributed by atoms with Crippen LogP contribution >= 0.6 is 0 Å². The van der Waals surface area contributed by atoms with E-state index in [2.05, 4.69) is 236 Å². The van der Waals surface area contributed by atoms with E-state index < -0.39 is 0 Å². The van der Waals surface area contributed by atoms with E-state index in [-0.39, 0.29) is 5.41 Å². The zero-order valence-corrected chi connectivity index (χ0v) is 33.0. The number of hydrogen-bond acceptors (Lipinski definition) is 2. The van der Waals surface area contributed by atoms with Gasteiger partial charge in [0.15, 0.2) is 0 Å². The molecule has 2 aromatic heterocycles. The van der Waals surface area contributed by atoms with Gasteiger partial charge in [0.1, 0.15) is 5.69 Å². The first-order valence-corrected chi connectivity index (χ1v) is 20.4. The molecule has 0 fully saturated rings. The van der Waals surface area contributed by atoms with Crippen molar-refractivity contribution in [1.29, 1.82) is 0 Å². The number of anilines is 3. The molecule has 3 nitrogen and oxygen atoms in total. The van der Waals surface area contributed by atoms with Gasteiger partial charge >= 0.3 is 0 Å². The third-order valence-corrected chi connectivity index (χ3v) is 12.2. The lowest BCUT2D eigenvalue weighted by Crippen LogP contribution is -2.16. The van der Waals surface area contributed by atoms with Crippen molar-refractivity contribution in [2.75, 3.05) is 4.90 Å². The smallest absolute Gasteiger partial charge is 0.101 e. The second-order valence-corrected chi connectivity index (χ2v) is 15.9. The van der Waals surface area contributed by atoms with Crippen molar-refractivity contribution in [2.45, 2.75) is 19.3 Å². The van der Waals surface area contributed by atoms with Crippen LogP contribution < -0.4 is 4.90 Å². The number of nitrogens with zero attached hydrogens (tertiary/aromatic N) is 3. The average molecular weight is 756 g/mol. The standard InChI is InChI=1S/C56H41N3/c1-56(2)46-32-17-15-30-44(46)53-47(56)33-20-36-50(53)58(48-34-18-16-29-42(48)38-21-7-3-8-22-38)49-35-19-31-43-45(49)37-51(39-23-9-4-10-24-39)59-55(43)52(40-25-11-5-12-26-40)54(57-59)41-27-13-6-14-28-41/h3-37H,1-2H3. The quantitative estimate of drug-likeness (QED) is 0.161. The molecule has 3 heteroatoms. The Balaban J connectivity index is 1.30. The first-order valence-electron chi connectivity index (χ1n) is 20.4. The van der Waals surface area contributed by atoms with Gasteiger partial charge in [0.05, 0.1) is 28.3 Å². The van der Waals surface area contributed by atoms with Crippen LogP contribution in [-0.2, 0) is 5.41 Å². The summed E-state index contributed by atoms with van der Waals surface area (Å²) in [5, 5.41) is 7.79. The Morgan fingerprint density at radius 1 is 0.407 bits per heavy atom. The molecule has 0 atom stereocenters. The lowest BCUT2D eigenvalue weighted by atomic mass is 9.82. The summed E-state index contributed by atoms with van der Waals surface area (Å²) < 4.78 is 2.19. The molecule has 0 saturated heterocycles. The fourth-order valence-corrected chi connectivity index (χ4v) is 9.48. The van der Waals surface area contributed by atoms with Crippen molar-refractivity contribution in [2.24, 2.45) is 0 Å². The molecule has 0 saturated carbocycles. The minimum absolute atomic E-state index is 0.159. The Kier molecular flexibility index (Phi) is 8.16. The van der Waals surface area contributed by atoms with Gasteiger partial charge < -0.3 is 4.90 Å². The highest BCUT2D eigenvalue weighted by atomic mass is 15.2. The van der Waals surface area contributed by atoms with Gasteiger partial charge in [0.25, 0.3) is 0 Å². The van der Waals surface area contributed by atoms with Crippen molar-refractivity contribution >= 4 is 33.4 Å². The van der Waals surface area contributed by atoms with E-state index in [0.717, 1.165) is 67.0 Å². The summed E-state index contributed by atoms with van der Waals surface area (Å²) in [4.78, 5) is 2.53. The summed E-state index contributed by atoms with van der Waals surface area (Å²) in [6.07, 6.45) is 0. The van der Waals surface area contributed by atoms with Crippen LogP contribution in [0.5, 0.6) is 0 Å². The molecular weight excluding hydrogens is 715 g/mol. The molecule has 8 aromatic carbocycles. The Morgan fingerprint density at radius 2 is 0.932 bits per heavy atom. The van der Waals surface area contributed by atoms with Gasteiger partial charge in [-0.1, -0.05) is 202 Å². The maximum Gasteiger partial charge on any atom is 0.101 e. The molecule has 11 rings (SSSR count). The van der Waals surface area contributed by atoms with Crippen LogP contribution in [-0.4, -0.2) is 9.61 Å². The second-order valence-electron chi connectivity index (χ2n) is 15.9. The molecule has 0 N–H and O–H groups in total. The first-order chi connectivity index (χ1) is 29.1. The lowest BCUT2D eigenvalue weighted by Gasteiger charge is -2.31. The fraction of sp³-hybridized carbons (Fsp3) is 0.0536. The lowest BCUT2D eigenvalue weighted by molar-refractivity contribution is 0.660. The van der Waals surface area contributed by atoms with Crippen LogP contribution in [0, 0.1) is 0 Å². The van der Waals surface area contributed by atoms with Crippen LogP contribution in [0.25, 0.3) is 72.2 Å². The van der Waals surface area contributed by atoms with Crippen molar-refractivity contribution in [3.8, 4) is 55.9 Å². The number of aromatic nitrogens is 2. The molecule has 0 spiro atoms. The molecule has 280 valence electrons. The van der Waals surface area contributed by atoms with Gasteiger partial charge in [0, 0.05) is 44.0 Å². The van der Waals surface area contributed by atoms with Crippen molar-refractivity contribution in [3.63, 3.8) is 0 Å². The summed E-state index contributed by atoms with van der Waals surface area (Å²) in [7, 11) is 0. The SMILES string of the molecule is CC1(C)c2ccccc2-c2c(N(c3ccccc3-c3ccccc3)c3cccc4c3cc(-c3ccccc3)n3nc(-c5ccccc5)c(-c5ccccc5)c43)cccc21. The Bertz CT molecular complexity index is 3170. The maximum atomic E-state index is 5.52. The largest absolute Gasteiger partial charge is 0.309 e. The van der Waals surface area contributed by atoms with Gasteiger partial charge in [0.2, 0.25) is 0 Å². The zero-order valence-electron chi connectivity index (χ0n) is 33.0. The van der Waals surface area contributed by atoms with Gasteiger partial charge in [-0.3, -0.25) is 0 Å². The predicted octanol–water partition coefficient (Wildman–Crippen LogP) is 14.9. The van der Waals surface area contributed by atoms with Gasteiger partial charge in [-0.2, -0.15) is 5.10 Å². The van der Waals surface area contributed by atoms with Gasteiger partial charge in [-0.15, -0.1) is 0 Å². The Labute approximate surface area is 345 Å². The number of rotatable bonds is 7. The average Bonchev–Trinajstić information content (AvgIpc) is 3.82. The predicted molar refractivity (Wildman–Crippen MR) is 247 cm³/mol. The molecule has 0 unspecified atom stereocenters. The molecule has 0 aliphatic heterocycles. The molecule has 0 amide bonds. The normalized spacial score (nSPS) is 12.7. The van der Waals surface area contributed by atoms with Crippen LogP contribution in [0.4, 0.5) is 17.1 Å². The molecule has 2 heterocycles. The second kappa shape index (κ2) is 13.9. The number of benzene rings is 8. The number of hydrogen-bond donors (Lipinski definition) is 0. The highest BCUT2D eigenvalue weighted by Crippen LogP contribution is 2.56. The Morgan fingerprint density at radius 3 is 1.64 bits per heavy atom. The molecule has 0 bridgehead atoms. The summed E-state index contributed by atoms with van der Waals surface area (Å²) in [6.45, 7) is 4.72. The molecule has 10 aromatic rings. The van der Waals surface area contributed by atoms with Crippen LogP contribution in [0.1, 0.15) is 25.0 Å². The van der Waals surface area contributed by atoms with E-state index in [1.54, 1.807) is 0 Å². The molecular formula is C56H41N3. The highest BCUT2D eigenvalue weighted by molar-refractivity contribution is 6.14. The summed E-state index contributed by atoms with van der Waals surface area (Å²) in [5.74, 6) is 0. The minimum atomic E-state index is -0.159. The number of fused-ring (bicyclic) bond motifs is 6. The molecule has 59 heavy (non-hydrogen) atoms. The highest BCUT2D eigenvalue weighted by Gasteiger charge is 2.38. The van der Waals surface area contributed by atoms with Crippen molar-refractivity contribution in [1.82, 2.24) is 9.61 Å². The third kappa shape index (κ3) is 5.54. The monoisotopic (exact) mass is 755 g/mol. The number of pyridine rings is 1. The van der Waals surface area contributed by atoms with E-state index in [9.17, 15) is 0 Å². The van der Waals surface area contributed by atoms with E-state index in [0.29, 0.717) is 0 Å². The summed E-state index contributed by atoms with van der Waals surface area (Å²) in [6, 6.07) is 76.7. The van der Waals surface area contributed by atoms with E-state index in [4.69, 9.17) is 5.10 Å². The van der Waals surface area contributed by atoms with E-state index in [1.807, 2.05) is 0 Å². The van der Waals surface area contributed by atoms with Gasteiger partial charge in [-0.05, 0) is 52.1 Å². The zero-order chi connectivity index (χ0) is 39.5. The third-order valence-electron chi connectivity index (χ3n) is 12.2. The molecule has 0 radical (unpaired) electrons. The number of para-hydroxylation sites is 1. The molecule has 1 aliphatic carbocycles. The first kappa shape index (κ1) is 34.7. The maximum absolute atomic E-state index is 5.52. The van der Waals surface area contributed by atoms with Crippen LogP contribution in [0.2, 0.25) is 0 Å². The summed E-state index contributed by atoms with van der Waals surface area (Å²) >= 11 is 0. The molecule has 1 aliphatic rings. The summed E-state index contributed by atoms with van der Waals surface area (Å²) in [5.41, 5.74) is 18.3. The van der Waals surface area contributed by atoms with Crippen molar-refractivity contribution < 1.29 is 0 Å². The Hall–Kier alpha value is -7.49. The van der Waals surface area contributed by atoms with Crippen LogP contribution in [0.15, 0.2) is 212 Å². The van der Waals surface area contributed by atoms with Crippen LogP contribution in [0.3, 0.4) is 0 Å². The fourth-order valence-electron chi connectivity index (χ4n) is 9.48.